The fraction of sp³-hybridized carbons (Fsp3) is 0.286. The lowest BCUT2D eigenvalue weighted by molar-refractivity contribution is -0.385. The molecule has 0 amide bonds. The summed E-state index contributed by atoms with van der Waals surface area (Å²) in [6.07, 6.45) is 0.979. The molecule has 1 unspecified atom stereocenters. The Balaban J connectivity index is 2.11. The van der Waals surface area contributed by atoms with Gasteiger partial charge in [-0.2, -0.15) is 0 Å². The molecule has 0 bridgehead atoms. The largest absolute Gasteiger partial charge is 0.305 e. The quantitative estimate of drug-likeness (QED) is 0.606. The Kier molecular flexibility index (Phi) is 5.28. The third-order valence-corrected chi connectivity index (χ3v) is 4.99. The zero-order chi connectivity index (χ0) is 14.5. The number of nitrogens with zero attached hydrogens (tertiary/aromatic N) is 1. The highest BCUT2D eigenvalue weighted by Crippen LogP contribution is 2.29. The predicted molar refractivity (Wildman–Crippen MR) is 85.0 cm³/mol. The van der Waals surface area contributed by atoms with Gasteiger partial charge in [-0.05, 0) is 39.4 Å². The van der Waals surface area contributed by atoms with Gasteiger partial charge in [-0.15, -0.1) is 11.3 Å². The zero-order valence-corrected chi connectivity index (χ0v) is 13.4. The van der Waals surface area contributed by atoms with E-state index in [1.807, 2.05) is 12.1 Å². The summed E-state index contributed by atoms with van der Waals surface area (Å²) in [7, 11) is 0. The molecule has 0 aliphatic heterocycles. The number of nitro benzene ring substituents is 1. The summed E-state index contributed by atoms with van der Waals surface area (Å²) in [5.74, 6) is 0. The molecule has 0 saturated heterocycles. The fourth-order valence-electron chi connectivity index (χ4n) is 2.01. The van der Waals surface area contributed by atoms with E-state index in [-0.39, 0.29) is 16.7 Å². The number of rotatable bonds is 6. The van der Waals surface area contributed by atoms with Gasteiger partial charge >= 0.3 is 0 Å². The van der Waals surface area contributed by atoms with Crippen molar-refractivity contribution in [3.8, 4) is 0 Å². The fourth-order valence-corrected chi connectivity index (χ4v) is 3.45. The average molecular weight is 355 g/mol. The minimum Gasteiger partial charge on any atom is -0.305 e. The van der Waals surface area contributed by atoms with Crippen molar-refractivity contribution in [2.45, 2.75) is 25.9 Å². The minimum absolute atomic E-state index is 0.105. The standard InChI is InChI=1S/C14H15BrN2O2S/c1-2-11(13-7-4-8-20-13)16-9-10-5-3-6-12(14(10)15)17(18)19/h3-8,11,16H,2,9H2,1H3. The Bertz CT molecular complexity index is 587. The van der Waals surface area contributed by atoms with E-state index in [1.54, 1.807) is 17.4 Å². The molecule has 1 aromatic carbocycles. The number of nitro groups is 1. The van der Waals surface area contributed by atoms with E-state index in [1.165, 1.54) is 10.9 Å². The molecule has 0 saturated carbocycles. The molecule has 1 aromatic heterocycles. The number of hydrogen-bond acceptors (Lipinski definition) is 4. The van der Waals surface area contributed by atoms with Crippen molar-refractivity contribution in [1.29, 1.82) is 0 Å². The molecule has 0 aliphatic carbocycles. The molecule has 20 heavy (non-hydrogen) atoms. The number of halogens is 1. The van der Waals surface area contributed by atoms with Gasteiger partial charge in [0.25, 0.3) is 5.69 Å². The maximum atomic E-state index is 10.9. The summed E-state index contributed by atoms with van der Waals surface area (Å²) in [6, 6.07) is 9.53. The summed E-state index contributed by atoms with van der Waals surface area (Å²) in [4.78, 5) is 11.8. The lowest BCUT2D eigenvalue weighted by Gasteiger charge is -2.16. The highest BCUT2D eigenvalue weighted by atomic mass is 79.9. The van der Waals surface area contributed by atoms with Crippen LogP contribution in [0.2, 0.25) is 0 Å². The highest BCUT2D eigenvalue weighted by molar-refractivity contribution is 9.10. The first-order valence-corrected chi connectivity index (χ1v) is 7.99. The second-order valence-corrected chi connectivity index (χ2v) is 6.14. The first-order valence-electron chi connectivity index (χ1n) is 6.32. The van der Waals surface area contributed by atoms with Gasteiger partial charge in [0, 0.05) is 23.5 Å². The van der Waals surface area contributed by atoms with Crippen molar-refractivity contribution in [3.63, 3.8) is 0 Å². The molecule has 1 atom stereocenters. The van der Waals surface area contributed by atoms with Crippen molar-refractivity contribution < 1.29 is 4.92 Å². The van der Waals surface area contributed by atoms with Crippen LogP contribution in [-0.4, -0.2) is 4.92 Å². The summed E-state index contributed by atoms with van der Waals surface area (Å²) in [6.45, 7) is 2.72. The van der Waals surface area contributed by atoms with Crippen LogP contribution in [0.4, 0.5) is 5.69 Å². The first-order chi connectivity index (χ1) is 9.63. The van der Waals surface area contributed by atoms with Gasteiger partial charge < -0.3 is 5.32 Å². The molecule has 4 nitrogen and oxygen atoms in total. The number of hydrogen-bond donors (Lipinski definition) is 1. The van der Waals surface area contributed by atoms with E-state index in [0.29, 0.717) is 11.0 Å². The van der Waals surface area contributed by atoms with Crippen LogP contribution in [0.25, 0.3) is 0 Å². The van der Waals surface area contributed by atoms with Crippen LogP contribution >= 0.6 is 27.3 Å². The zero-order valence-electron chi connectivity index (χ0n) is 11.0. The molecular weight excluding hydrogens is 340 g/mol. The summed E-state index contributed by atoms with van der Waals surface area (Å²) < 4.78 is 0.554. The number of nitrogens with one attached hydrogen (secondary N) is 1. The van der Waals surface area contributed by atoms with Crippen LogP contribution in [0, 0.1) is 10.1 Å². The third-order valence-electron chi connectivity index (χ3n) is 3.09. The van der Waals surface area contributed by atoms with Crippen molar-refractivity contribution >= 4 is 33.0 Å². The second kappa shape index (κ2) is 6.97. The van der Waals surface area contributed by atoms with Crippen LogP contribution in [0.15, 0.2) is 40.2 Å². The average Bonchev–Trinajstić information content (AvgIpc) is 2.95. The van der Waals surface area contributed by atoms with Gasteiger partial charge in [-0.1, -0.05) is 25.1 Å². The van der Waals surface area contributed by atoms with Crippen LogP contribution in [-0.2, 0) is 6.54 Å². The maximum Gasteiger partial charge on any atom is 0.283 e. The van der Waals surface area contributed by atoms with Gasteiger partial charge in [0.05, 0.1) is 9.40 Å². The smallest absolute Gasteiger partial charge is 0.283 e. The first kappa shape index (κ1) is 15.2. The summed E-state index contributed by atoms with van der Waals surface area (Å²) in [5.41, 5.74) is 1.00. The normalized spacial score (nSPS) is 12.3. The molecule has 0 aliphatic rings. The van der Waals surface area contributed by atoms with Crippen LogP contribution in [0.5, 0.6) is 0 Å². The molecule has 106 valence electrons. The molecule has 2 rings (SSSR count). The topological polar surface area (TPSA) is 55.2 Å². The molecular formula is C14H15BrN2O2S. The molecule has 0 spiro atoms. The van der Waals surface area contributed by atoms with E-state index in [4.69, 9.17) is 0 Å². The SMILES string of the molecule is CCC(NCc1cccc([N+](=O)[O-])c1Br)c1cccs1. The van der Waals surface area contributed by atoms with Crippen molar-refractivity contribution in [2.75, 3.05) is 0 Å². The molecule has 1 heterocycles. The molecule has 0 fully saturated rings. The number of benzene rings is 1. The van der Waals surface area contributed by atoms with Crippen LogP contribution < -0.4 is 5.32 Å². The molecule has 1 N–H and O–H groups in total. The van der Waals surface area contributed by atoms with E-state index in [2.05, 4.69) is 39.6 Å². The van der Waals surface area contributed by atoms with Crippen molar-refractivity contribution in [3.05, 3.63) is 60.7 Å². The van der Waals surface area contributed by atoms with E-state index < -0.39 is 0 Å². The van der Waals surface area contributed by atoms with Crippen molar-refractivity contribution in [1.82, 2.24) is 5.32 Å². The van der Waals surface area contributed by atoms with Gasteiger partial charge in [-0.25, -0.2) is 0 Å². The Labute approximate surface area is 130 Å². The Morgan fingerprint density at radius 3 is 2.80 bits per heavy atom. The number of thiophene rings is 1. The van der Waals surface area contributed by atoms with Gasteiger partial charge in [0.2, 0.25) is 0 Å². The van der Waals surface area contributed by atoms with Crippen molar-refractivity contribution in [2.24, 2.45) is 0 Å². The van der Waals surface area contributed by atoms with E-state index >= 15 is 0 Å². The van der Waals surface area contributed by atoms with E-state index in [9.17, 15) is 10.1 Å². The monoisotopic (exact) mass is 354 g/mol. The lowest BCUT2D eigenvalue weighted by Crippen LogP contribution is -2.19. The predicted octanol–water partition coefficient (Wildman–Crippen LogP) is 4.66. The van der Waals surface area contributed by atoms with E-state index in [0.717, 1.165) is 12.0 Å². The van der Waals surface area contributed by atoms with Gasteiger partial charge in [0.1, 0.15) is 0 Å². The molecule has 6 heteroatoms. The lowest BCUT2D eigenvalue weighted by atomic mass is 10.1. The second-order valence-electron chi connectivity index (χ2n) is 4.36. The maximum absolute atomic E-state index is 10.9. The minimum atomic E-state index is -0.371. The summed E-state index contributed by atoms with van der Waals surface area (Å²) in [5, 5.41) is 16.4. The third kappa shape index (κ3) is 3.45. The van der Waals surface area contributed by atoms with Gasteiger partial charge in [-0.3, -0.25) is 10.1 Å². The van der Waals surface area contributed by atoms with Crippen LogP contribution in [0.3, 0.4) is 0 Å². The Morgan fingerprint density at radius 2 is 2.20 bits per heavy atom. The van der Waals surface area contributed by atoms with Gasteiger partial charge in [0.15, 0.2) is 0 Å². The highest BCUT2D eigenvalue weighted by Gasteiger charge is 2.16. The molecule has 2 aromatic rings. The molecule has 0 radical (unpaired) electrons. The summed E-state index contributed by atoms with van der Waals surface area (Å²) >= 11 is 5.04. The Morgan fingerprint density at radius 1 is 1.40 bits per heavy atom. The Hall–Kier alpha value is -1.24. The van der Waals surface area contributed by atoms with Crippen LogP contribution in [0.1, 0.15) is 29.8 Å².